The summed E-state index contributed by atoms with van der Waals surface area (Å²) in [5.41, 5.74) is 5.75. The number of piperidine rings is 1. The molecule has 23 heavy (non-hydrogen) atoms. The highest BCUT2D eigenvalue weighted by Crippen LogP contribution is 2.32. The molecule has 3 atom stereocenters. The zero-order valence-corrected chi connectivity index (χ0v) is 13.4. The fourth-order valence-electron chi connectivity index (χ4n) is 3.10. The molecule has 1 aromatic rings. The van der Waals surface area contributed by atoms with Crippen molar-refractivity contribution in [1.82, 2.24) is 4.90 Å². The van der Waals surface area contributed by atoms with Gasteiger partial charge in [0.25, 0.3) is 0 Å². The molecule has 0 bridgehead atoms. The van der Waals surface area contributed by atoms with Gasteiger partial charge in [0.2, 0.25) is 5.91 Å². The molecule has 1 fully saturated rings. The van der Waals surface area contributed by atoms with Crippen LogP contribution in [0.4, 0.5) is 13.2 Å². The Morgan fingerprint density at radius 2 is 2.13 bits per heavy atom. The summed E-state index contributed by atoms with van der Waals surface area (Å²) in [5, 5.41) is 0. The van der Waals surface area contributed by atoms with Crippen LogP contribution in [-0.4, -0.2) is 29.4 Å². The topological polar surface area (TPSA) is 46.3 Å². The van der Waals surface area contributed by atoms with Crippen molar-refractivity contribution < 1.29 is 18.0 Å². The molecule has 0 aromatic heterocycles. The molecule has 0 radical (unpaired) electrons. The third-order valence-electron chi connectivity index (χ3n) is 4.50. The summed E-state index contributed by atoms with van der Waals surface area (Å²) in [6.07, 6.45) is -2.62. The fourth-order valence-corrected chi connectivity index (χ4v) is 3.10. The van der Waals surface area contributed by atoms with Crippen LogP contribution in [0.25, 0.3) is 0 Å². The van der Waals surface area contributed by atoms with Crippen LogP contribution in [0.3, 0.4) is 0 Å². The molecular weight excluding hydrogens is 305 g/mol. The lowest BCUT2D eigenvalue weighted by Crippen LogP contribution is -2.48. The van der Waals surface area contributed by atoms with E-state index >= 15 is 0 Å². The summed E-state index contributed by atoms with van der Waals surface area (Å²) in [6.45, 7) is 4.37. The van der Waals surface area contributed by atoms with Gasteiger partial charge in [-0.3, -0.25) is 4.79 Å². The predicted molar refractivity (Wildman–Crippen MR) is 82.9 cm³/mol. The highest BCUT2D eigenvalue weighted by molar-refractivity contribution is 5.77. The average Bonchev–Trinajstić information content (AvgIpc) is 2.46. The summed E-state index contributed by atoms with van der Waals surface area (Å²) in [4.78, 5) is 14.2. The second-order valence-electron chi connectivity index (χ2n) is 6.45. The van der Waals surface area contributed by atoms with Crippen LogP contribution < -0.4 is 5.73 Å². The number of alkyl halides is 3. The van der Waals surface area contributed by atoms with Crippen molar-refractivity contribution in [1.29, 1.82) is 0 Å². The lowest BCUT2D eigenvalue weighted by Gasteiger charge is -2.37. The molecule has 1 aliphatic heterocycles. The van der Waals surface area contributed by atoms with Gasteiger partial charge < -0.3 is 10.6 Å². The van der Waals surface area contributed by atoms with E-state index in [1.165, 1.54) is 6.07 Å². The Labute approximate surface area is 134 Å². The SMILES string of the molecule is C[C@H](CC(=O)N1CC[C@@H](N)C[C@@H]1C)c1cccc(C(F)(F)F)c1. The standard InChI is InChI=1S/C17H23F3N2O/c1-11(13-4-3-5-14(10-13)17(18,19)20)8-16(23)22-7-6-15(21)9-12(22)2/h3-5,10-12,15H,6-9,21H2,1-2H3/t11-,12+,15-/m1/s1. The van der Waals surface area contributed by atoms with Gasteiger partial charge >= 0.3 is 6.18 Å². The second-order valence-corrected chi connectivity index (χ2v) is 6.45. The summed E-state index contributed by atoms with van der Waals surface area (Å²) >= 11 is 0. The molecule has 2 rings (SSSR count). The van der Waals surface area contributed by atoms with Crippen molar-refractivity contribution in [2.75, 3.05) is 6.54 Å². The van der Waals surface area contributed by atoms with Crippen molar-refractivity contribution in [3.8, 4) is 0 Å². The third kappa shape index (κ3) is 4.47. The Kier molecular flexibility index (Phi) is 5.34. The van der Waals surface area contributed by atoms with Crippen molar-refractivity contribution in [3.63, 3.8) is 0 Å². The minimum Gasteiger partial charge on any atom is -0.340 e. The number of carbonyl (C=O) groups is 1. The number of amides is 1. The maximum Gasteiger partial charge on any atom is 0.416 e. The normalized spacial score (nSPS) is 23.7. The summed E-state index contributed by atoms with van der Waals surface area (Å²) < 4.78 is 38.4. The monoisotopic (exact) mass is 328 g/mol. The molecule has 1 amide bonds. The first-order valence-electron chi connectivity index (χ1n) is 7.90. The van der Waals surface area contributed by atoms with Crippen LogP contribution in [0.2, 0.25) is 0 Å². The lowest BCUT2D eigenvalue weighted by molar-refractivity contribution is -0.137. The summed E-state index contributed by atoms with van der Waals surface area (Å²) in [6, 6.07) is 5.42. The first-order chi connectivity index (χ1) is 10.7. The highest BCUT2D eigenvalue weighted by atomic mass is 19.4. The molecule has 0 saturated carbocycles. The van der Waals surface area contributed by atoms with E-state index in [0.29, 0.717) is 12.1 Å². The molecule has 6 heteroatoms. The number of halogens is 3. The van der Waals surface area contributed by atoms with Crippen LogP contribution in [0, 0.1) is 0 Å². The molecule has 1 saturated heterocycles. The van der Waals surface area contributed by atoms with Crippen molar-refractivity contribution in [2.45, 2.75) is 57.3 Å². The smallest absolute Gasteiger partial charge is 0.340 e. The number of nitrogens with zero attached hydrogens (tertiary/aromatic N) is 1. The molecule has 1 heterocycles. The zero-order chi connectivity index (χ0) is 17.2. The van der Waals surface area contributed by atoms with E-state index in [2.05, 4.69) is 0 Å². The van der Waals surface area contributed by atoms with Gasteiger partial charge in [0.15, 0.2) is 0 Å². The van der Waals surface area contributed by atoms with Gasteiger partial charge in [-0.15, -0.1) is 0 Å². The van der Waals surface area contributed by atoms with E-state index in [-0.39, 0.29) is 30.3 Å². The number of rotatable bonds is 3. The third-order valence-corrected chi connectivity index (χ3v) is 4.50. The molecule has 0 aliphatic carbocycles. The number of carbonyl (C=O) groups excluding carboxylic acids is 1. The average molecular weight is 328 g/mol. The van der Waals surface area contributed by atoms with Gasteiger partial charge in [-0.2, -0.15) is 13.2 Å². The van der Waals surface area contributed by atoms with Gasteiger partial charge in [0, 0.05) is 25.0 Å². The van der Waals surface area contributed by atoms with Gasteiger partial charge in [-0.05, 0) is 37.3 Å². The van der Waals surface area contributed by atoms with E-state index in [9.17, 15) is 18.0 Å². The number of likely N-dealkylation sites (tertiary alicyclic amines) is 1. The lowest BCUT2D eigenvalue weighted by atomic mass is 9.93. The largest absolute Gasteiger partial charge is 0.416 e. The molecule has 1 aliphatic rings. The maximum atomic E-state index is 12.8. The van der Waals surface area contributed by atoms with Gasteiger partial charge in [0.1, 0.15) is 0 Å². The van der Waals surface area contributed by atoms with Gasteiger partial charge in [-0.25, -0.2) is 0 Å². The van der Waals surface area contributed by atoms with Crippen LogP contribution >= 0.6 is 0 Å². The number of hydrogen-bond acceptors (Lipinski definition) is 2. The molecule has 3 nitrogen and oxygen atoms in total. The first kappa shape index (κ1) is 17.8. The Bertz CT molecular complexity index is 559. The minimum atomic E-state index is -4.36. The summed E-state index contributed by atoms with van der Waals surface area (Å²) in [7, 11) is 0. The van der Waals surface area contributed by atoms with E-state index < -0.39 is 11.7 Å². The number of hydrogen-bond donors (Lipinski definition) is 1. The maximum absolute atomic E-state index is 12.8. The second kappa shape index (κ2) is 6.91. The van der Waals surface area contributed by atoms with Crippen molar-refractivity contribution in [2.24, 2.45) is 5.73 Å². The number of nitrogens with two attached hydrogens (primary N) is 1. The molecular formula is C17H23F3N2O. The van der Waals surface area contributed by atoms with Crippen LogP contribution in [-0.2, 0) is 11.0 Å². The molecule has 0 unspecified atom stereocenters. The predicted octanol–water partition coefficient (Wildman–Crippen LogP) is 3.54. The van der Waals surface area contributed by atoms with E-state index in [0.717, 1.165) is 25.0 Å². The van der Waals surface area contributed by atoms with Crippen LogP contribution in [0.5, 0.6) is 0 Å². The highest BCUT2D eigenvalue weighted by Gasteiger charge is 2.31. The van der Waals surface area contributed by atoms with E-state index in [4.69, 9.17) is 5.73 Å². The molecule has 0 spiro atoms. The van der Waals surface area contributed by atoms with Crippen LogP contribution in [0.1, 0.15) is 50.2 Å². The molecule has 1 aromatic carbocycles. The van der Waals surface area contributed by atoms with Crippen LogP contribution in [0.15, 0.2) is 24.3 Å². The zero-order valence-electron chi connectivity index (χ0n) is 13.4. The Hall–Kier alpha value is -1.56. The minimum absolute atomic E-state index is 0.0192. The van der Waals surface area contributed by atoms with E-state index in [1.807, 2.05) is 6.92 Å². The number of benzene rings is 1. The molecule has 2 N–H and O–H groups in total. The van der Waals surface area contributed by atoms with Gasteiger partial charge in [0.05, 0.1) is 5.56 Å². The molecule has 128 valence electrons. The summed E-state index contributed by atoms with van der Waals surface area (Å²) in [5.74, 6) is -0.276. The van der Waals surface area contributed by atoms with E-state index in [1.54, 1.807) is 17.9 Å². The van der Waals surface area contributed by atoms with Crippen molar-refractivity contribution in [3.05, 3.63) is 35.4 Å². The first-order valence-corrected chi connectivity index (χ1v) is 7.90. The van der Waals surface area contributed by atoms with Gasteiger partial charge in [-0.1, -0.05) is 25.1 Å². The Morgan fingerprint density at radius 3 is 2.74 bits per heavy atom. The fraction of sp³-hybridized carbons (Fsp3) is 0.588. The van der Waals surface area contributed by atoms with Crippen molar-refractivity contribution >= 4 is 5.91 Å². The quantitative estimate of drug-likeness (QED) is 0.922. The Morgan fingerprint density at radius 1 is 1.43 bits per heavy atom. The Balaban J connectivity index is 2.04.